The van der Waals surface area contributed by atoms with E-state index in [1.165, 1.54) is 199 Å². The normalized spacial score (nSPS) is 14.0. The molecule has 3 N–H and O–H groups in total. The Morgan fingerprint density at radius 2 is 0.505 bits per heavy atom. The topological polar surface area (TPSA) is 237 Å². The smallest absolute Gasteiger partial charge is 0.462 e. The summed E-state index contributed by atoms with van der Waals surface area (Å²) in [4.78, 5) is 72.6. The van der Waals surface area contributed by atoms with Crippen molar-refractivity contribution in [2.75, 3.05) is 39.6 Å². The molecule has 2 unspecified atom stereocenters. The fourth-order valence-corrected chi connectivity index (χ4v) is 12.6. The molecule has 0 aromatic carbocycles. The maximum atomic E-state index is 13.0. The maximum absolute atomic E-state index is 13.0. The van der Waals surface area contributed by atoms with E-state index in [9.17, 15) is 43.2 Å². The Morgan fingerprint density at radius 1 is 0.297 bits per heavy atom. The highest BCUT2D eigenvalue weighted by Crippen LogP contribution is 2.45. The van der Waals surface area contributed by atoms with Crippen molar-refractivity contribution in [2.45, 2.75) is 393 Å². The van der Waals surface area contributed by atoms with E-state index in [4.69, 9.17) is 37.0 Å². The largest absolute Gasteiger partial charge is 0.472 e. The minimum absolute atomic E-state index is 0.106. The first-order valence-corrected chi connectivity index (χ1v) is 40.6. The third-order valence-electron chi connectivity index (χ3n) is 16.8. The minimum atomic E-state index is -4.95. The van der Waals surface area contributed by atoms with E-state index in [0.717, 1.165) is 95.8 Å². The molecule has 0 aliphatic rings. The summed E-state index contributed by atoms with van der Waals surface area (Å²) < 4.78 is 68.4. The van der Waals surface area contributed by atoms with Gasteiger partial charge in [0, 0.05) is 25.7 Å². The zero-order chi connectivity index (χ0) is 67.0. The second kappa shape index (κ2) is 65.4. The number of phosphoric ester groups is 2. The molecule has 91 heavy (non-hydrogen) atoms. The lowest BCUT2D eigenvalue weighted by Gasteiger charge is -2.21. The number of carbonyl (C=O) groups excluding carboxylic acids is 4. The van der Waals surface area contributed by atoms with E-state index >= 15 is 0 Å². The monoisotopic (exact) mass is 1340 g/mol. The number of esters is 4. The van der Waals surface area contributed by atoms with Crippen molar-refractivity contribution in [3.8, 4) is 0 Å². The van der Waals surface area contributed by atoms with Gasteiger partial charge >= 0.3 is 39.5 Å². The van der Waals surface area contributed by atoms with Crippen LogP contribution in [0.3, 0.4) is 0 Å². The molecule has 19 heteroatoms. The lowest BCUT2D eigenvalue weighted by molar-refractivity contribution is -0.161. The van der Waals surface area contributed by atoms with E-state index in [2.05, 4.69) is 34.6 Å². The molecule has 0 aromatic rings. The average Bonchev–Trinajstić information content (AvgIpc) is 2.94. The van der Waals surface area contributed by atoms with E-state index in [-0.39, 0.29) is 25.7 Å². The molecule has 540 valence electrons. The van der Waals surface area contributed by atoms with Crippen molar-refractivity contribution in [1.29, 1.82) is 0 Å². The summed E-state index contributed by atoms with van der Waals surface area (Å²) in [5.74, 6) is -1.37. The highest BCUT2D eigenvalue weighted by Gasteiger charge is 2.30. The van der Waals surface area contributed by atoms with Crippen molar-refractivity contribution >= 4 is 39.5 Å². The van der Waals surface area contributed by atoms with Crippen LogP contribution in [-0.2, 0) is 65.4 Å². The highest BCUT2D eigenvalue weighted by atomic mass is 31.2. The van der Waals surface area contributed by atoms with Crippen molar-refractivity contribution < 1.29 is 80.2 Å². The van der Waals surface area contributed by atoms with Crippen LogP contribution in [-0.4, -0.2) is 96.7 Å². The number of aliphatic hydroxyl groups excluding tert-OH is 1. The van der Waals surface area contributed by atoms with E-state index in [1.807, 2.05) is 0 Å². The number of aliphatic hydroxyl groups is 1. The van der Waals surface area contributed by atoms with Gasteiger partial charge in [-0.1, -0.05) is 324 Å². The van der Waals surface area contributed by atoms with Crippen LogP contribution in [0.2, 0.25) is 0 Å². The van der Waals surface area contributed by atoms with Crippen LogP contribution in [0.5, 0.6) is 0 Å². The van der Waals surface area contributed by atoms with Crippen molar-refractivity contribution in [2.24, 2.45) is 5.92 Å². The molecule has 0 radical (unpaired) electrons. The lowest BCUT2D eigenvalue weighted by Crippen LogP contribution is -2.30. The zero-order valence-corrected chi connectivity index (χ0v) is 60.8. The summed E-state index contributed by atoms with van der Waals surface area (Å²) in [5.41, 5.74) is 0. The molecule has 0 bridgehead atoms. The second-order valence-corrected chi connectivity index (χ2v) is 29.4. The third-order valence-corrected chi connectivity index (χ3v) is 18.7. The zero-order valence-electron chi connectivity index (χ0n) is 59.0. The molecule has 0 aromatic heterocycles. The summed E-state index contributed by atoms with van der Waals surface area (Å²) in [7, 11) is -9.90. The summed E-state index contributed by atoms with van der Waals surface area (Å²) in [6, 6.07) is 0. The molecular weight excluding hydrogens is 1200 g/mol. The van der Waals surface area contributed by atoms with Gasteiger partial charge in [0.25, 0.3) is 0 Å². The quantitative estimate of drug-likeness (QED) is 0.0222. The summed E-state index contributed by atoms with van der Waals surface area (Å²) >= 11 is 0. The Morgan fingerprint density at radius 3 is 0.747 bits per heavy atom. The Bertz CT molecular complexity index is 1750. The summed E-state index contributed by atoms with van der Waals surface area (Å²) in [6.45, 7) is 7.25. The minimum Gasteiger partial charge on any atom is -0.462 e. The predicted octanol–water partition coefficient (Wildman–Crippen LogP) is 20.9. The van der Waals surface area contributed by atoms with Gasteiger partial charge in [-0.15, -0.1) is 0 Å². The molecule has 0 fully saturated rings. The number of carbonyl (C=O) groups is 4. The van der Waals surface area contributed by atoms with Gasteiger partial charge < -0.3 is 33.8 Å². The Labute approximate surface area is 556 Å². The number of phosphoric acid groups is 2. The Kier molecular flexibility index (Phi) is 64.0. The van der Waals surface area contributed by atoms with Gasteiger partial charge in [0.2, 0.25) is 0 Å². The Hall–Kier alpha value is -1.94. The van der Waals surface area contributed by atoms with E-state index in [1.54, 1.807) is 0 Å². The molecule has 0 saturated carbocycles. The predicted molar refractivity (Wildman–Crippen MR) is 368 cm³/mol. The number of hydrogen-bond acceptors (Lipinski definition) is 15. The summed E-state index contributed by atoms with van der Waals surface area (Å²) in [5, 5.41) is 10.6. The molecule has 0 aliphatic carbocycles. The molecule has 0 saturated heterocycles. The molecular formula is C72H140O17P2. The van der Waals surface area contributed by atoms with Crippen LogP contribution in [0.4, 0.5) is 0 Å². The van der Waals surface area contributed by atoms with Gasteiger partial charge in [-0.05, 0) is 31.6 Å². The first-order chi connectivity index (χ1) is 44.0. The van der Waals surface area contributed by atoms with Crippen molar-refractivity contribution in [3.05, 3.63) is 0 Å². The second-order valence-electron chi connectivity index (χ2n) is 26.5. The molecule has 5 atom stereocenters. The van der Waals surface area contributed by atoms with Crippen LogP contribution in [0.25, 0.3) is 0 Å². The van der Waals surface area contributed by atoms with Crippen molar-refractivity contribution in [3.63, 3.8) is 0 Å². The summed E-state index contributed by atoms with van der Waals surface area (Å²) in [6.07, 6.45) is 52.6. The maximum Gasteiger partial charge on any atom is 0.472 e. The van der Waals surface area contributed by atoms with Crippen LogP contribution in [0, 0.1) is 5.92 Å². The number of ether oxygens (including phenoxy) is 4. The molecule has 0 amide bonds. The molecule has 0 heterocycles. The number of rotatable bonds is 72. The first-order valence-electron chi connectivity index (χ1n) is 37.6. The number of hydrogen-bond donors (Lipinski definition) is 3. The average molecular weight is 1340 g/mol. The van der Waals surface area contributed by atoms with Crippen molar-refractivity contribution in [1.82, 2.24) is 0 Å². The van der Waals surface area contributed by atoms with Gasteiger partial charge in [-0.25, -0.2) is 9.13 Å². The molecule has 0 spiro atoms. The van der Waals surface area contributed by atoms with Gasteiger partial charge in [-0.2, -0.15) is 0 Å². The standard InChI is InChI=1S/C72H140O17P2/c1-6-9-12-15-18-21-23-25-27-29-31-37-42-47-52-57-71(76)88-68(62-83-70(75)56-51-46-41-36-30-28-26-24-22-19-16-13-10-7-2)64-87-91(80,81)85-60-66(73)59-84-90(78,79)86-63-67(61-82-69(74)55-50-45-40-34-20-17-14-11-8-3)89-72(77)58-53-48-43-38-33-32-35-39-44-49-54-65(4)5/h65-68,73H,6-64H2,1-5H3,(H,78,79)(H,80,81)/t66-,67+,68+/m0/s1. The molecule has 17 nitrogen and oxygen atoms in total. The van der Waals surface area contributed by atoms with Crippen LogP contribution in [0.15, 0.2) is 0 Å². The SMILES string of the molecule is CCCCCCCCCCCCCCCCCC(=O)O[C@H](COC(=O)CCCCCCCCCCCCCCCC)COP(=O)(O)OC[C@@H](O)COP(=O)(O)OC[C@@H](COC(=O)CCCCCCCCCCC)OC(=O)CCCCCCCCCCCCC(C)C. The first kappa shape index (κ1) is 89.1. The van der Waals surface area contributed by atoms with Crippen LogP contribution < -0.4 is 0 Å². The molecule has 0 rings (SSSR count). The van der Waals surface area contributed by atoms with Gasteiger partial charge in [-0.3, -0.25) is 37.3 Å². The molecule has 0 aliphatic heterocycles. The fraction of sp³-hybridized carbons (Fsp3) is 0.944. The van der Waals surface area contributed by atoms with Crippen LogP contribution >= 0.6 is 15.6 Å². The van der Waals surface area contributed by atoms with Gasteiger partial charge in [0.1, 0.15) is 19.3 Å². The van der Waals surface area contributed by atoms with Crippen LogP contribution in [0.1, 0.15) is 375 Å². The third kappa shape index (κ3) is 66.5. The van der Waals surface area contributed by atoms with E-state index < -0.39 is 97.5 Å². The fourth-order valence-electron chi connectivity index (χ4n) is 11.0. The van der Waals surface area contributed by atoms with Gasteiger partial charge in [0.15, 0.2) is 12.2 Å². The lowest BCUT2D eigenvalue weighted by atomic mass is 10.0. The number of unbranched alkanes of at least 4 members (excludes halogenated alkanes) is 44. The van der Waals surface area contributed by atoms with Gasteiger partial charge in [0.05, 0.1) is 26.4 Å². The Balaban J connectivity index is 5.24. The van der Waals surface area contributed by atoms with E-state index in [0.29, 0.717) is 25.7 Å². The highest BCUT2D eigenvalue weighted by molar-refractivity contribution is 7.47.